The van der Waals surface area contributed by atoms with Gasteiger partial charge in [-0.1, -0.05) is 0 Å². The van der Waals surface area contributed by atoms with Crippen molar-refractivity contribution in [1.29, 1.82) is 0 Å². The van der Waals surface area contributed by atoms with Gasteiger partial charge in [0.15, 0.2) is 0 Å². The zero-order valence-corrected chi connectivity index (χ0v) is 11.8. The number of aromatic nitrogens is 2. The molecule has 1 saturated heterocycles. The molecular weight excluding hydrogens is 272 g/mol. The van der Waals surface area contributed by atoms with Crippen LogP contribution in [0.25, 0.3) is 10.9 Å². The molecule has 21 heavy (non-hydrogen) atoms. The van der Waals surface area contributed by atoms with Gasteiger partial charge in [-0.2, -0.15) is 5.10 Å². The highest BCUT2D eigenvalue weighted by atomic mass is 16.5. The summed E-state index contributed by atoms with van der Waals surface area (Å²) in [4.78, 5) is 12.4. The zero-order valence-electron chi connectivity index (χ0n) is 11.8. The van der Waals surface area contributed by atoms with Crippen LogP contribution in [0.15, 0.2) is 18.3 Å². The average molecular weight is 290 g/mol. The summed E-state index contributed by atoms with van der Waals surface area (Å²) < 4.78 is 7.12. The summed E-state index contributed by atoms with van der Waals surface area (Å²) in [5.74, 6) is 0.619. The van der Waals surface area contributed by atoms with Crippen LogP contribution in [0.1, 0.15) is 18.9 Å². The number of piperidine rings is 1. The number of carbonyl (C=O) groups is 1. The van der Waals surface area contributed by atoms with Gasteiger partial charge in [-0.3, -0.25) is 4.68 Å². The first-order valence-electron chi connectivity index (χ1n) is 6.88. The molecule has 1 aliphatic heterocycles. The molecule has 7 nitrogen and oxygen atoms in total. The van der Waals surface area contributed by atoms with Gasteiger partial charge in [0.05, 0.1) is 24.4 Å². The lowest BCUT2D eigenvalue weighted by Crippen LogP contribution is -2.38. The third-order valence-corrected chi connectivity index (χ3v) is 3.98. The number of hydrogen-bond donors (Lipinski definition) is 2. The van der Waals surface area contributed by atoms with Crippen molar-refractivity contribution in [1.82, 2.24) is 14.7 Å². The van der Waals surface area contributed by atoms with Crippen LogP contribution >= 0.6 is 0 Å². The van der Waals surface area contributed by atoms with Crippen molar-refractivity contribution < 1.29 is 14.6 Å². The number of benzene rings is 1. The van der Waals surface area contributed by atoms with Gasteiger partial charge < -0.3 is 20.5 Å². The van der Waals surface area contributed by atoms with E-state index >= 15 is 0 Å². The fraction of sp³-hybridized carbons (Fsp3) is 0.429. The molecule has 0 aliphatic carbocycles. The molecule has 1 aromatic carbocycles. The molecule has 7 heteroatoms. The first-order valence-corrected chi connectivity index (χ1v) is 6.88. The highest BCUT2D eigenvalue weighted by molar-refractivity contribution is 5.84. The quantitative estimate of drug-likeness (QED) is 0.824. The minimum Gasteiger partial charge on any atom is -0.495 e. The van der Waals surface area contributed by atoms with Crippen LogP contribution in [0.5, 0.6) is 5.75 Å². The fourth-order valence-corrected chi connectivity index (χ4v) is 2.77. The molecule has 2 heterocycles. The number of ether oxygens (including phenoxy) is 1. The van der Waals surface area contributed by atoms with Crippen molar-refractivity contribution in [2.45, 2.75) is 18.9 Å². The van der Waals surface area contributed by atoms with Gasteiger partial charge in [0.1, 0.15) is 5.75 Å². The molecular formula is C14H18N4O3. The third kappa shape index (κ3) is 2.46. The second kappa shape index (κ2) is 5.16. The van der Waals surface area contributed by atoms with Crippen molar-refractivity contribution in [2.24, 2.45) is 0 Å². The molecule has 1 aliphatic rings. The highest BCUT2D eigenvalue weighted by Crippen LogP contribution is 2.29. The molecule has 0 radical (unpaired) electrons. The fourth-order valence-electron chi connectivity index (χ4n) is 2.77. The molecule has 1 fully saturated rings. The Labute approximate surface area is 121 Å². The maximum Gasteiger partial charge on any atom is 0.407 e. The standard InChI is InChI=1S/C14H18N4O3/c1-21-13-7-12-9(6-11(13)15)8-18(16-12)10-2-4-17(5-3-10)14(19)20/h6-8,10H,2-5,15H2,1H3,(H,19,20). The molecule has 3 rings (SSSR count). The Balaban J connectivity index is 1.83. The van der Waals surface area contributed by atoms with Gasteiger partial charge >= 0.3 is 6.09 Å². The molecule has 2 aromatic rings. The molecule has 3 N–H and O–H groups in total. The minimum atomic E-state index is -0.850. The highest BCUT2D eigenvalue weighted by Gasteiger charge is 2.24. The summed E-state index contributed by atoms with van der Waals surface area (Å²) in [6.45, 7) is 1.09. The summed E-state index contributed by atoms with van der Waals surface area (Å²) in [6, 6.07) is 3.90. The molecule has 112 valence electrons. The minimum absolute atomic E-state index is 0.222. The summed E-state index contributed by atoms with van der Waals surface area (Å²) in [5, 5.41) is 14.5. The van der Waals surface area contributed by atoms with Crippen LogP contribution in [0.2, 0.25) is 0 Å². The van der Waals surface area contributed by atoms with Gasteiger partial charge in [0, 0.05) is 30.7 Å². The van der Waals surface area contributed by atoms with E-state index in [1.54, 1.807) is 7.11 Å². The maximum absolute atomic E-state index is 10.9. The predicted molar refractivity (Wildman–Crippen MR) is 78.6 cm³/mol. The van der Waals surface area contributed by atoms with E-state index in [1.807, 2.05) is 23.0 Å². The Morgan fingerprint density at radius 3 is 2.76 bits per heavy atom. The summed E-state index contributed by atoms with van der Waals surface area (Å²) in [6.07, 6.45) is 2.66. The Hall–Kier alpha value is -2.44. The van der Waals surface area contributed by atoms with Gasteiger partial charge in [0.2, 0.25) is 0 Å². The number of amides is 1. The van der Waals surface area contributed by atoms with E-state index in [-0.39, 0.29) is 6.04 Å². The van der Waals surface area contributed by atoms with Crippen molar-refractivity contribution in [3.63, 3.8) is 0 Å². The zero-order chi connectivity index (χ0) is 15.0. The van der Waals surface area contributed by atoms with E-state index in [9.17, 15) is 4.79 Å². The predicted octanol–water partition coefficient (Wildman–Crippen LogP) is 1.94. The van der Waals surface area contributed by atoms with Crippen molar-refractivity contribution in [2.75, 3.05) is 25.9 Å². The number of carboxylic acid groups (broad SMARTS) is 1. The molecule has 0 bridgehead atoms. The Morgan fingerprint density at radius 2 is 2.14 bits per heavy atom. The van der Waals surface area contributed by atoms with Gasteiger partial charge in [-0.25, -0.2) is 4.79 Å². The molecule has 0 atom stereocenters. The number of likely N-dealkylation sites (tertiary alicyclic amines) is 1. The van der Waals surface area contributed by atoms with E-state index in [2.05, 4.69) is 5.10 Å². The first-order chi connectivity index (χ1) is 10.1. The Kier molecular flexibility index (Phi) is 3.32. The Morgan fingerprint density at radius 1 is 1.43 bits per heavy atom. The van der Waals surface area contributed by atoms with E-state index in [1.165, 1.54) is 4.90 Å². The van der Waals surface area contributed by atoms with Crippen LogP contribution in [0, 0.1) is 0 Å². The van der Waals surface area contributed by atoms with Gasteiger partial charge in [-0.05, 0) is 18.9 Å². The molecule has 0 saturated carbocycles. The SMILES string of the molecule is COc1cc2nn(C3CCN(C(=O)O)CC3)cc2cc1N. The Bertz CT molecular complexity index is 674. The van der Waals surface area contributed by atoms with Gasteiger partial charge in [-0.15, -0.1) is 0 Å². The normalized spacial score (nSPS) is 16.3. The number of hydrogen-bond acceptors (Lipinski definition) is 4. The van der Waals surface area contributed by atoms with E-state index in [0.717, 1.165) is 23.7 Å². The number of nitrogens with zero attached hydrogens (tertiary/aromatic N) is 3. The smallest absolute Gasteiger partial charge is 0.407 e. The van der Waals surface area contributed by atoms with Crippen molar-refractivity contribution in [3.05, 3.63) is 18.3 Å². The van der Waals surface area contributed by atoms with E-state index in [4.69, 9.17) is 15.6 Å². The molecule has 0 unspecified atom stereocenters. The summed E-state index contributed by atoms with van der Waals surface area (Å²) in [7, 11) is 1.58. The summed E-state index contributed by atoms with van der Waals surface area (Å²) in [5.41, 5.74) is 7.33. The number of anilines is 1. The van der Waals surface area contributed by atoms with Crippen molar-refractivity contribution in [3.8, 4) is 5.75 Å². The van der Waals surface area contributed by atoms with Crippen LogP contribution in [0.4, 0.5) is 10.5 Å². The van der Waals surface area contributed by atoms with Crippen LogP contribution in [-0.4, -0.2) is 46.1 Å². The number of fused-ring (bicyclic) bond motifs is 1. The third-order valence-electron chi connectivity index (χ3n) is 3.98. The van der Waals surface area contributed by atoms with Gasteiger partial charge in [0.25, 0.3) is 0 Å². The number of rotatable bonds is 2. The number of nitrogen functional groups attached to an aromatic ring is 1. The molecule has 1 amide bonds. The lowest BCUT2D eigenvalue weighted by molar-refractivity contribution is 0.124. The summed E-state index contributed by atoms with van der Waals surface area (Å²) >= 11 is 0. The van der Waals surface area contributed by atoms with Crippen LogP contribution < -0.4 is 10.5 Å². The molecule has 1 aromatic heterocycles. The first kappa shape index (κ1) is 13.5. The van der Waals surface area contributed by atoms with E-state index < -0.39 is 6.09 Å². The second-order valence-electron chi connectivity index (χ2n) is 5.26. The number of nitrogens with two attached hydrogens (primary N) is 1. The maximum atomic E-state index is 10.9. The molecule has 0 spiro atoms. The van der Waals surface area contributed by atoms with Crippen LogP contribution in [0.3, 0.4) is 0 Å². The van der Waals surface area contributed by atoms with Crippen molar-refractivity contribution >= 4 is 22.7 Å². The van der Waals surface area contributed by atoms with E-state index in [0.29, 0.717) is 24.5 Å². The largest absolute Gasteiger partial charge is 0.495 e. The van der Waals surface area contributed by atoms with Crippen LogP contribution in [-0.2, 0) is 0 Å². The monoisotopic (exact) mass is 290 g/mol. The average Bonchev–Trinajstić information content (AvgIpc) is 2.89. The lowest BCUT2D eigenvalue weighted by atomic mass is 10.1. The number of methoxy groups -OCH3 is 1. The topological polar surface area (TPSA) is 93.6 Å². The second-order valence-corrected chi connectivity index (χ2v) is 5.26. The lowest BCUT2D eigenvalue weighted by Gasteiger charge is -2.29.